The Kier molecular flexibility index (Phi) is 6.10. The minimum Gasteiger partial charge on any atom is -0.379 e. The lowest BCUT2D eigenvalue weighted by Gasteiger charge is -2.33. The lowest BCUT2D eigenvalue weighted by Crippen LogP contribution is -2.47. The van der Waals surface area contributed by atoms with Crippen LogP contribution in [0.1, 0.15) is 11.6 Å². The van der Waals surface area contributed by atoms with Crippen LogP contribution in [0.15, 0.2) is 24.3 Å². The van der Waals surface area contributed by atoms with Gasteiger partial charge in [0.25, 0.3) is 0 Å². The second-order valence-corrected chi connectivity index (χ2v) is 4.97. The van der Waals surface area contributed by atoms with E-state index >= 15 is 0 Å². The fourth-order valence-corrected chi connectivity index (χ4v) is 2.44. The Morgan fingerprint density at radius 1 is 1.33 bits per heavy atom. The first-order chi connectivity index (χ1) is 10.2. The van der Waals surface area contributed by atoms with Gasteiger partial charge in [0.2, 0.25) is 5.91 Å². The maximum atomic E-state index is 14.1. The van der Waals surface area contributed by atoms with Crippen molar-refractivity contribution in [2.45, 2.75) is 6.04 Å². The summed E-state index contributed by atoms with van der Waals surface area (Å²) in [6.45, 7) is 3.57. The van der Waals surface area contributed by atoms with Gasteiger partial charge in [-0.05, 0) is 13.1 Å². The molecule has 1 aromatic carbocycles. The number of likely N-dealkylation sites (N-methyl/N-ethyl adjacent to an activating group) is 1. The zero-order valence-electron chi connectivity index (χ0n) is 12.3. The summed E-state index contributed by atoms with van der Waals surface area (Å²) in [5.74, 6) is -0.519. The van der Waals surface area contributed by atoms with Crippen LogP contribution in [-0.4, -0.2) is 57.2 Å². The zero-order valence-corrected chi connectivity index (χ0v) is 12.3. The van der Waals surface area contributed by atoms with Gasteiger partial charge in [-0.3, -0.25) is 9.69 Å². The van der Waals surface area contributed by atoms with Gasteiger partial charge >= 0.3 is 0 Å². The molecule has 116 valence electrons. The minimum atomic E-state index is -0.605. The number of hydrogen-bond donors (Lipinski definition) is 2. The molecule has 0 aliphatic carbocycles. The van der Waals surface area contributed by atoms with Crippen LogP contribution in [0.5, 0.6) is 0 Å². The van der Waals surface area contributed by atoms with E-state index in [2.05, 4.69) is 10.6 Å². The predicted molar refractivity (Wildman–Crippen MR) is 78.5 cm³/mol. The average Bonchev–Trinajstić information content (AvgIpc) is 2.51. The van der Waals surface area contributed by atoms with Crippen molar-refractivity contribution in [2.75, 3.05) is 46.4 Å². The summed E-state index contributed by atoms with van der Waals surface area (Å²) in [6.07, 6.45) is 0. The van der Waals surface area contributed by atoms with Crippen molar-refractivity contribution < 1.29 is 13.9 Å². The van der Waals surface area contributed by atoms with E-state index in [1.165, 1.54) is 6.07 Å². The van der Waals surface area contributed by atoms with Crippen molar-refractivity contribution in [1.82, 2.24) is 15.5 Å². The fourth-order valence-electron chi connectivity index (χ4n) is 2.44. The lowest BCUT2D eigenvalue weighted by atomic mass is 10.0. The van der Waals surface area contributed by atoms with E-state index in [4.69, 9.17) is 4.74 Å². The van der Waals surface area contributed by atoms with Crippen molar-refractivity contribution in [2.24, 2.45) is 0 Å². The second-order valence-electron chi connectivity index (χ2n) is 4.97. The minimum absolute atomic E-state index is 0.169. The number of carbonyl (C=O) groups is 1. The number of nitrogens with one attached hydrogen (secondary N) is 2. The number of benzene rings is 1. The Labute approximate surface area is 124 Å². The van der Waals surface area contributed by atoms with Gasteiger partial charge in [0.05, 0.1) is 13.2 Å². The first kappa shape index (κ1) is 15.9. The van der Waals surface area contributed by atoms with Gasteiger partial charge in [-0.25, -0.2) is 4.39 Å². The molecule has 2 N–H and O–H groups in total. The van der Waals surface area contributed by atoms with Crippen molar-refractivity contribution in [3.63, 3.8) is 0 Å². The molecule has 6 heteroatoms. The van der Waals surface area contributed by atoms with E-state index in [1.54, 1.807) is 18.2 Å². The van der Waals surface area contributed by atoms with Gasteiger partial charge in [0.15, 0.2) is 0 Å². The third-order valence-electron chi connectivity index (χ3n) is 3.53. The molecule has 1 amide bonds. The van der Waals surface area contributed by atoms with Crippen molar-refractivity contribution in [3.05, 3.63) is 35.6 Å². The fraction of sp³-hybridized carbons (Fsp3) is 0.533. The largest absolute Gasteiger partial charge is 0.379 e. The third kappa shape index (κ3) is 4.23. The number of hydrogen-bond acceptors (Lipinski definition) is 4. The summed E-state index contributed by atoms with van der Waals surface area (Å²) in [5.41, 5.74) is 0.418. The molecule has 0 aromatic heterocycles. The van der Waals surface area contributed by atoms with Crippen LogP contribution in [0.2, 0.25) is 0 Å². The van der Waals surface area contributed by atoms with Crippen LogP contribution >= 0.6 is 0 Å². The molecular formula is C15H22FN3O2. The van der Waals surface area contributed by atoms with E-state index in [9.17, 15) is 9.18 Å². The summed E-state index contributed by atoms with van der Waals surface area (Å²) in [7, 11) is 1.82. The van der Waals surface area contributed by atoms with Crippen LogP contribution in [0.3, 0.4) is 0 Å². The highest BCUT2D eigenvalue weighted by atomic mass is 19.1. The van der Waals surface area contributed by atoms with Gasteiger partial charge in [0.1, 0.15) is 11.9 Å². The van der Waals surface area contributed by atoms with E-state index in [-0.39, 0.29) is 11.7 Å². The lowest BCUT2D eigenvalue weighted by molar-refractivity contribution is -0.128. The molecule has 2 rings (SSSR count). The molecule has 0 bridgehead atoms. The molecule has 0 saturated carbocycles. The van der Waals surface area contributed by atoms with Crippen molar-refractivity contribution in [3.8, 4) is 0 Å². The van der Waals surface area contributed by atoms with E-state index < -0.39 is 6.04 Å². The van der Waals surface area contributed by atoms with Crippen LogP contribution in [0.4, 0.5) is 4.39 Å². The molecule has 21 heavy (non-hydrogen) atoms. The number of nitrogens with zero attached hydrogens (tertiary/aromatic N) is 1. The molecular weight excluding hydrogens is 273 g/mol. The number of rotatable bonds is 6. The normalized spacial score (nSPS) is 17.4. The maximum absolute atomic E-state index is 14.1. The first-order valence-corrected chi connectivity index (χ1v) is 7.22. The molecule has 0 radical (unpaired) electrons. The molecule has 1 atom stereocenters. The van der Waals surface area contributed by atoms with Crippen LogP contribution in [0, 0.1) is 5.82 Å². The summed E-state index contributed by atoms with van der Waals surface area (Å²) in [5, 5.41) is 5.83. The molecule has 1 unspecified atom stereocenters. The van der Waals surface area contributed by atoms with E-state index in [0.29, 0.717) is 45.0 Å². The summed E-state index contributed by atoms with van der Waals surface area (Å²) in [4.78, 5) is 14.5. The van der Waals surface area contributed by atoms with Gasteiger partial charge < -0.3 is 15.4 Å². The van der Waals surface area contributed by atoms with Crippen LogP contribution in [0.25, 0.3) is 0 Å². The quantitative estimate of drug-likeness (QED) is 0.752. The monoisotopic (exact) mass is 295 g/mol. The van der Waals surface area contributed by atoms with Gasteiger partial charge in [0, 0.05) is 31.7 Å². The van der Waals surface area contributed by atoms with Gasteiger partial charge in [-0.15, -0.1) is 0 Å². The SMILES string of the molecule is CNCCNC(=O)C(c1ccccc1F)N1CCOCC1. The molecule has 1 aromatic rings. The molecule has 1 heterocycles. The van der Waals surface area contributed by atoms with Gasteiger partial charge in [-0.1, -0.05) is 18.2 Å². The average molecular weight is 295 g/mol. The molecule has 1 aliphatic rings. The maximum Gasteiger partial charge on any atom is 0.242 e. The van der Waals surface area contributed by atoms with Crippen molar-refractivity contribution >= 4 is 5.91 Å². The second kappa shape index (κ2) is 8.07. The zero-order chi connectivity index (χ0) is 15.1. The number of carbonyl (C=O) groups excluding carboxylic acids is 1. The third-order valence-corrected chi connectivity index (χ3v) is 3.53. The van der Waals surface area contributed by atoms with Crippen LogP contribution < -0.4 is 10.6 Å². The number of morpholine rings is 1. The Morgan fingerprint density at radius 3 is 2.71 bits per heavy atom. The smallest absolute Gasteiger partial charge is 0.242 e. The molecule has 1 aliphatic heterocycles. The molecule has 5 nitrogen and oxygen atoms in total. The van der Waals surface area contributed by atoms with E-state index in [1.807, 2.05) is 11.9 Å². The highest BCUT2D eigenvalue weighted by Crippen LogP contribution is 2.24. The number of ether oxygens (including phenoxy) is 1. The van der Waals surface area contributed by atoms with Crippen LogP contribution in [-0.2, 0) is 9.53 Å². The summed E-state index contributed by atoms with van der Waals surface area (Å²) < 4.78 is 19.4. The van der Waals surface area contributed by atoms with Gasteiger partial charge in [-0.2, -0.15) is 0 Å². The Bertz CT molecular complexity index is 464. The Morgan fingerprint density at radius 2 is 2.05 bits per heavy atom. The first-order valence-electron chi connectivity index (χ1n) is 7.22. The molecule has 1 fully saturated rings. The molecule has 1 saturated heterocycles. The van der Waals surface area contributed by atoms with E-state index in [0.717, 1.165) is 0 Å². The summed E-state index contributed by atoms with van der Waals surface area (Å²) >= 11 is 0. The van der Waals surface area contributed by atoms with Crippen molar-refractivity contribution in [1.29, 1.82) is 0 Å². The highest BCUT2D eigenvalue weighted by molar-refractivity contribution is 5.83. The predicted octanol–water partition coefficient (Wildman–Crippen LogP) is 0.535. The Balaban J connectivity index is 2.17. The summed E-state index contributed by atoms with van der Waals surface area (Å²) in [6, 6.07) is 5.85. The number of halogens is 1. The molecule has 0 spiro atoms. The topological polar surface area (TPSA) is 53.6 Å². The highest BCUT2D eigenvalue weighted by Gasteiger charge is 2.30. The Hall–Kier alpha value is -1.50. The standard InChI is InChI=1S/C15H22FN3O2/c1-17-6-7-18-15(20)14(19-8-10-21-11-9-19)12-4-2-3-5-13(12)16/h2-5,14,17H,6-11H2,1H3,(H,18,20). The number of amides is 1.